The number of benzene rings is 1. The van der Waals surface area contributed by atoms with E-state index < -0.39 is 0 Å². The molecule has 0 amide bonds. The van der Waals surface area contributed by atoms with E-state index in [9.17, 15) is 0 Å². The second kappa shape index (κ2) is 5.91. The third kappa shape index (κ3) is 3.16. The molecule has 0 unspecified atom stereocenters. The van der Waals surface area contributed by atoms with E-state index in [1.807, 2.05) is 30.3 Å². The molecule has 98 valence electrons. The first-order chi connectivity index (χ1) is 8.33. The van der Waals surface area contributed by atoms with Crippen LogP contribution in [0, 0.1) is 11.8 Å². The second-order valence-corrected chi connectivity index (χ2v) is 5.16. The summed E-state index contributed by atoms with van der Waals surface area (Å²) in [6.45, 7) is 0. The highest BCUT2D eigenvalue weighted by atomic mass is 127. The molecule has 3 N–H and O–H groups in total. The lowest BCUT2D eigenvalue weighted by Crippen LogP contribution is -2.23. The van der Waals surface area contributed by atoms with E-state index in [4.69, 9.17) is 5.73 Å². The van der Waals surface area contributed by atoms with Gasteiger partial charge in [-0.3, -0.25) is 0 Å². The SMILES string of the molecule is I.NC(=N[C@@H]1C[C@H]1C1CCC1)Nc1ccccc1. The molecule has 2 aliphatic carbocycles. The van der Waals surface area contributed by atoms with Crippen molar-refractivity contribution in [3.63, 3.8) is 0 Å². The van der Waals surface area contributed by atoms with Crippen LogP contribution >= 0.6 is 24.0 Å². The Hall–Kier alpha value is -0.780. The van der Waals surface area contributed by atoms with Crippen LogP contribution in [0.3, 0.4) is 0 Å². The fourth-order valence-electron chi connectivity index (χ4n) is 2.60. The van der Waals surface area contributed by atoms with E-state index in [2.05, 4.69) is 10.3 Å². The van der Waals surface area contributed by atoms with Crippen LogP contribution in [0.15, 0.2) is 35.3 Å². The van der Waals surface area contributed by atoms with Gasteiger partial charge >= 0.3 is 0 Å². The number of nitrogens with two attached hydrogens (primary N) is 1. The first-order valence-corrected chi connectivity index (χ1v) is 6.48. The first-order valence-electron chi connectivity index (χ1n) is 6.48. The number of para-hydroxylation sites is 1. The lowest BCUT2D eigenvalue weighted by Gasteiger charge is -2.25. The maximum Gasteiger partial charge on any atom is 0.193 e. The van der Waals surface area contributed by atoms with Gasteiger partial charge < -0.3 is 11.1 Å². The zero-order valence-corrected chi connectivity index (χ0v) is 12.7. The Balaban J connectivity index is 0.00000120. The minimum Gasteiger partial charge on any atom is -0.370 e. The van der Waals surface area contributed by atoms with Gasteiger partial charge in [-0.25, -0.2) is 4.99 Å². The van der Waals surface area contributed by atoms with E-state index in [0.29, 0.717) is 12.0 Å². The average molecular weight is 357 g/mol. The fraction of sp³-hybridized carbons (Fsp3) is 0.500. The maximum absolute atomic E-state index is 5.91. The van der Waals surface area contributed by atoms with Crippen LogP contribution < -0.4 is 11.1 Å². The van der Waals surface area contributed by atoms with Crippen molar-refractivity contribution < 1.29 is 0 Å². The first kappa shape index (κ1) is 13.6. The minimum absolute atomic E-state index is 0. The summed E-state index contributed by atoms with van der Waals surface area (Å²) in [5.41, 5.74) is 6.92. The second-order valence-electron chi connectivity index (χ2n) is 5.16. The number of guanidine groups is 1. The molecule has 0 bridgehead atoms. The van der Waals surface area contributed by atoms with Gasteiger partial charge in [0.05, 0.1) is 6.04 Å². The van der Waals surface area contributed by atoms with Gasteiger partial charge in [0.25, 0.3) is 0 Å². The van der Waals surface area contributed by atoms with Crippen molar-refractivity contribution in [2.75, 3.05) is 5.32 Å². The summed E-state index contributed by atoms with van der Waals surface area (Å²) in [5, 5.41) is 3.14. The van der Waals surface area contributed by atoms with Crippen molar-refractivity contribution in [2.45, 2.75) is 31.7 Å². The molecule has 2 aliphatic rings. The number of nitrogens with one attached hydrogen (secondary N) is 1. The quantitative estimate of drug-likeness (QED) is 0.496. The van der Waals surface area contributed by atoms with Gasteiger partial charge in [0, 0.05) is 5.69 Å². The molecule has 0 spiro atoms. The van der Waals surface area contributed by atoms with Gasteiger partial charge in [-0.2, -0.15) is 0 Å². The maximum atomic E-state index is 5.91. The van der Waals surface area contributed by atoms with Crippen LogP contribution in [0.2, 0.25) is 0 Å². The molecule has 1 aromatic carbocycles. The van der Waals surface area contributed by atoms with Crippen molar-refractivity contribution in [2.24, 2.45) is 22.6 Å². The van der Waals surface area contributed by atoms with Gasteiger partial charge in [0.2, 0.25) is 0 Å². The molecule has 4 heteroatoms. The van der Waals surface area contributed by atoms with Crippen LogP contribution in [0.1, 0.15) is 25.7 Å². The Morgan fingerprint density at radius 2 is 1.94 bits per heavy atom. The number of aliphatic imine (C=N–C) groups is 1. The summed E-state index contributed by atoms with van der Waals surface area (Å²) in [7, 11) is 0. The van der Waals surface area contributed by atoms with Gasteiger partial charge in [-0.05, 0) is 30.4 Å². The van der Waals surface area contributed by atoms with Crippen LogP contribution in [-0.4, -0.2) is 12.0 Å². The fourth-order valence-corrected chi connectivity index (χ4v) is 2.60. The van der Waals surface area contributed by atoms with E-state index in [1.54, 1.807) is 0 Å². The smallest absolute Gasteiger partial charge is 0.193 e. The Morgan fingerprint density at radius 1 is 1.22 bits per heavy atom. The number of hydrogen-bond acceptors (Lipinski definition) is 1. The molecule has 0 heterocycles. The summed E-state index contributed by atoms with van der Waals surface area (Å²) in [5.74, 6) is 2.32. The molecule has 0 aliphatic heterocycles. The zero-order valence-electron chi connectivity index (χ0n) is 10.4. The molecule has 1 aromatic rings. The minimum atomic E-state index is 0. The molecule has 2 saturated carbocycles. The molecular weight excluding hydrogens is 337 g/mol. The van der Waals surface area contributed by atoms with Crippen LogP contribution in [0.25, 0.3) is 0 Å². The largest absolute Gasteiger partial charge is 0.370 e. The van der Waals surface area contributed by atoms with E-state index in [-0.39, 0.29) is 24.0 Å². The summed E-state index contributed by atoms with van der Waals surface area (Å²) in [6.07, 6.45) is 5.46. The number of rotatable bonds is 3. The molecule has 18 heavy (non-hydrogen) atoms. The lowest BCUT2D eigenvalue weighted by molar-refractivity contribution is 0.274. The van der Waals surface area contributed by atoms with E-state index >= 15 is 0 Å². The number of hydrogen-bond donors (Lipinski definition) is 2. The Morgan fingerprint density at radius 3 is 2.56 bits per heavy atom. The summed E-state index contributed by atoms with van der Waals surface area (Å²) in [6, 6.07) is 10.5. The predicted molar refractivity (Wildman–Crippen MR) is 86.3 cm³/mol. The number of halogens is 1. The molecule has 2 fully saturated rings. The van der Waals surface area contributed by atoms with Crippen molar-refractivity contribution in [3.8, 4) is 0 Å². The molecule has 3 rings (SSSR count). The lowest BCUT2D eigenvalue weighted by atomic mass is 9.81. The van der Waals surface area contributed by atoms with Crippen LogP contribution in [-0.2, 0) is 0 Å². The highest BCUT2D eigenvalue weighted by Gasteiger charge is 2.45. The van der Waals surface area contributed by atoms with Crippen LogP contribution in [0.4, 0.5) is 5.69 Å². The van der Waals surface area contributed by atoms with E-state index in [0.717, 1.165) is 17.5 Å². The molecule has 0 radical (unpaired) electrons. The summed E-state index contributed by atoms with van der Waals surface area (Å²) in [4.78, 5) is 4.55. The molecule has 3 nitrogen and oxygen atoms in total. The topological polar surface area (TPSA) is 50.4 Å². The Kier molecular flexibility index (Phi) is 4.48. The normalized spacial score (nSPS) is 27.0. The zero-order chi connectivity index (χ0) is 11.7. The highest BCUT2D eigenvalue weighted by molar-refractivity contribution is 14.0. The van der Waals surface area contributed by atoms with Gasteiger partial charge in [0.1, 0.15) is 0 Å². The van der Waals surface area contributed by atoms with Crippen molar-refractivity contribution in [3.05, 3.63) is 30.3 Å². The van der Waals surface area contributed by atoms with Crippen molar-refractivity contribution in [1.29, 1.82) is 0 Å². The molecule has 0 aromatic heterocycles. The predicted octanol–water partition coefficient (Wildman–Crippen LogP) is 3.22. The monoisotopic (exact) mass is 357 g/mol. The number of nitrogens with zero attached hydrogens (tertiary/aromatic N) is 1. The standard InChI is InChI=1S/C14H19N3.HI/c15-14(16-11-7-2-1-3-8-11)17-13-9-12(13)10-5-4-6-10;/h1-3,7-8,10,12-13H,4-6,9H2,(H3,15,16,17);1H/t12-,13+;/m0./s1. The van der Waals surface area contributed by atoms with Crippen LogP contribution in [0.5, 0.6) is 0 Å². The molecule has 0 saturated heterocycles. The molecular formula is C14H20IN3. The molecule has 2 atom stereocenters. The van der Waals surface area contributed by atoms with Gasteiger partial charge in [-0.15, -0.1) is 24.0 Å². The van der Waals surface area contributed by atoms with Crippen molar-refractivity contribution in [1.82, 2.24) is 0 Å². The van der Waals surface area contributed by atoms with Crippen molar-refractivity contribution >= 4 is 35.6 Å². The Bertz CT molecular complexity index is 414. The summed E-state index contributed by atoms with van der Waals surface area (Å²) < 4.78 is 0. The number of anilines is 1. The highest BCUT2D eigenvalue weighted by Crippen LogP contribution is 2.48. The third-order valence-electron chi connectivity index (χ3n) is 3.91. The average Bonchev–Trinajstić information content (AvgIpc) is 2.95. The van der Waals surface area contributed by atoms with E-state index in [1.165, 1.54) is 25.7 Å². The summed E-state index contributed by atoms with van der Waals surface area (Å²) >= 11 is 0. The Labute approximate surface area is 125 Å². The van der Waals surface area contributed by atoms with Gasteiger partial charge in [0.15, 0.2) is 5.96 Å². The van der Waals surface area contributed by atoms with Gasteiger partial charge in [-0.1, -0.05) is 37.5 Å². The third-order valence-corrected chi connectivity index (χ3v) is 3.91.